The summed E-state index contributed by atoms with van der Waals surface area (Å²) < 4.78 is 3.76. The van der Waals surface area contributed by atoms with Gasteiger partial charge >= 0.3 is 0 Å². The van der Waals surface area contributed by atoms with E-state index in [0.717, 1.165) is 49.3 Å². The van der Waals surface area contributed by atoms with Crippen LogP contribution in [0.5, 0.6) is 0 Å². The van der Waals surface area contributed by atoms with Gasteiger partial charge in [-0.1, -0.05) is 46.3 Å². The van der Waals surface area contributed by atoms with Crippen molar-refractivity contribution in [2.45, 2.75) is 17.3 Å². The van der Waals surface area contributed by atoms with Gasteiger partial charge < -0.3 is 4.57 Å². The van der Waals surface area contributed by atoms with E-state index < -0.39 is 0 Å². The van der Waals surface area contributed by atoms with Crippen LogP contribution in [-0.2, 0) is 11.5 Å². The lowest BCUT2D eigenvalue weighted by Crippen LogP contribution is -2.03. The Hall–Kier alpha value is -0.330. The first kappa shape index (κ1) is 15.6. The summed E-state index contributed by atoms with van der Waals surface area (Å²) in [5.41, 5.74) is 4.16. The number of benzene rings is 1. The average Bonchev–Trinajstić information content (AvgIpc) is 3.28. The molecule has 1 fully saturated rings. The first-order valence-electron chi connectivity index (χ1n) is 6.77. The molecule has 1 heterocycles. The molecule has 3 rings (SSSR count). The van der Waals surface area contributed by atoms with E-state index >= 15 is 0 Å². The predicted molar refractivity (Wildman–Crippen MR) is 98.3 cm³/mol. The van der Waals surface area contributed by atoms with Gasteiger partial charge in [-0.3, -0.25) is 4.79 Å². The number of carbonyl (C=O) groups is 1. The average molecular weight is 479 g/mol. The van der Waals surface area contributed by atoms with Crippen molar-refractivity contribution in [1.82, 2.24) is 4.57 Å². The lowest BCUT2D eigenvalue weighted by Gasteiger charge is -2.07. The molecule has 21 heavy (non-hydrogen) atoms. The van der Waals surface area contributed by atoms with Gasteiger partial charge in [-0.25, -0.2) is 0 Å². The van der Waals surface area contributed by atoms with E-state index in [1.165, 1.54) is 0 Å². The molecular formula is C16H14BrClINO. The van der Waals surface area contributed by atoms with E-state index in [2.05, 4.69) is 43.1 Å². The molecule has 0 radical (unpaired) electrons. The van der Waals surface area contributed by atoms with Crippen molar-refractivity contribution in [3.63, 3.8) is 0 Å². The molecule has 0 unspecified atom stereocenters. The maximum Gasteiger partial charge on any atom is 0.168 e. The summed E-state index contributed by atoms with van der Waals surface area (Å²) in [5, 5.41) is 0.720. The van der Waals surface area contributed by atoms with Gasteiger partial charge in [0, 0.05) is 22.4 Å². The Balaban J connectivity index is 2.18. The number of hydrogen-bond donors (Lipinski definition) is 0. The Kier molecular flexibility index (Phi) is 4.48. The van der Waals surface area contributed by atoms with Crippen LogP contribution in [-0.4, -0.2) is 10.4 Å². The Morgan fingerprint density at radius 1 is 1.38 bits per heavy atom. The van der Waals surface area contributed by atoms with Crippen molar-refractivity contribution in [3.05, 3.63) is 45.0 Å². The number of nitrogens with zero attached hydrogens (tertiary/aromatic N) is 1. The van der Waals surface area contributed by atoms with Gasteiger partial charge in [-0.05, 0) is 52.0 Å². The van der Waals surface area contributed by atoms with Crippen molar-refractivity contribution in [3.8, 4) is 11.3 Å². The summed E-state index contributed by atoms with van der Waals surface area (Å²) in [4.78, 5) is 12.6. The molecular weight excluding hydrogens is 464 g/mol. The van der Waals surface area contributed by atoms with Crippen molar-refractivity contribution in [2.24, 2.45) is 13.0 Å². The van der Waals surface area contributed by atoms with E-state index in [0.29, 0.717) is 0 Å². The fraction of sp³-hybridized carbons (Fsp3) is 0.312. The van der Waals surface area contributed by atoms with Gasteiger partial charge in [0.1, 0.15) is 0 Å². The molecule has 110 valence electrons. The summed E-state index contributed by atoms with van der Waals surface area (Å²) in [6, 6.07) is 7.78. The number of halogens is 3. The zero-order chi connectivity index (χ0) is 15.1. The van der Waals surface area contributed by atoms with Gasteiger partial charge in [0.2, 0.25) is 0 Å². The molecule has 0 atom stereocenters. The molecule has 5 heteroatoms. The van der Waals surface area contributed by atoms with Crippen LogP contribution < -0.4 is 0 Å². The number of alkyl halides is 1. The van der Waals surface area contributed by atoms with Crippen LogP contribution in [0.25, 0.3) is 11.3 Å². The van der Waals surface area contributed by atoms with Crippen molar-refractivity contribution in [2.75, 3.05) is 0 Å². The van der Waals surface area contributed by atoms with Crippen LogP contribution in [0, 0.1) is 5.92 Å². The molecule has 2 nitrogen and oxygen atoms in total. The minimum absolute atomic E-state index is 0.225. The number of hydrogen-bond acceptors (Lipinski definition) is 1. The van der Waals surface area contributed by atoms with Crippen molar-refractivity contribution >= 4 is 55.9 Å². The number of aromatic nitrogens is 1. The molecule has 1 saturated carbocycles. The molecule has 2 aromatic rings. The first-order valence-corrected chi connectivity index (χ1v) is 9.47. The number of carbonyl (C=O) groups excluding carboxylic acids is 1. The number of ketones is 1. The summed E-state index contributed by atoms with van der Waals surface area (Å²) in [6.07, 6.45) is 2.05. The third-order valence-electron chi connectivity index (χ3n) is 3.87. The summed E-state index contributed by atoms with van der Waals surface area (Å²) >= 11 is 11.9. The molecule has 0 N–H and O–H groups in total. The zero-order valence-electron chi connectivity index (χ0n) is 11.5. The number of rotatable bonds is 4. The topological polar surface area (TPSA) is 22.0 Å². The molecule has 0 saturated heterocycles. The Labute approximate surface area is 151 Å². The molecule has 0 bridgehead atoms. The summed E-state index contributed by atoms with van der Waals surface area (Å²) in [5.74, 6) is 0.507. The Morgan fingerprint density at radius 2 is 2.00 bits per heavy atom. The fourth-order valence-corrected chi connectivity index (χ4v) is 4.10. The van der Waals surface area contributed by atoms with Gasteiger partial charge in [0.25, 0.3) is 0 Å². The highest BCUT2D eigenvalue weighted by molar-refractivity contribution is 14.1. The highest BCUT2D eigenvalue weighted by Gasteiger charge is 2.35. The third kappa shape index (κ3) is 2.82. The molecule has 1 aliphatic rings. The van der Waals surface area contributed by atoms with E-state index in [4.69, 9.17) is 11.6 Å². The number of Topliss-reactive ketones (excluding diaryl/α,β-unsaturated/α-hetero) is 1. The van der Waals surface area contributed by atoms with Crippen molar-refractivity contribution in [1.29, 1.82) is 0 Å². The molecule has 0 spiro atoms. The largest absolute Gasteiger partial charge is 0.338 e. The molecule has 1 aliphatic carbocycles. The normalized spacial score (nSPS) is 14.5. The second-order valence-electron chi connectivity index (χ2n) is 5.33. The molecule has 0 aliphatic heterocycles. The van der Waals surface area contributed by atoms with E-state index in [1.807, 2.05) is 31.3 Å². The summed E-state index contributed by atoms with van der Waals surface area (Å²) in [7, 11) is 1.99. The third-order valence-corrected chi connectivity index (χ3v) is 5.81. The highest BCUT2D eigenvalue weighted by atomic mass is 127. The monoisotopic (exact) mass is 477 g/mol. The maximum atomic E-state index is 12.6. The minimum Gasteiger partial charge on any atom is -0.338 e. The highest BCUT2D eigenvalue weighted by Crippen LogP contribution is 2.41. The van der Waals surface area contributed by atoms with E-state index in [1.54, 1.807) is 0 Å². The fourth-order valence-electron chi connectivity index (χ4n) is 2.62. The molecule has 0 amide bonds. The standard InChI is InChI=1S/C16H14BrClINO/c1-20-14(9-4-6-11(18)7-5-9)12(8-19)13(16(20)17)15(21)10-2-3-10/h4-7,10H,2-3,8H2,1H3. The molecule has 1 aromatic carbocycles. The van der Waals surface area contributed by atoms with Crippen LogP contribution in [0.3, 0.4) is 0 Å². The van der Waals surface area contributed by atoms with Gasteiger partial charge in [0.15, 0.2) is 5.78 Å². The van der Waals surface area contributed by atoms with Crippen LogP contribution >= 0.6 is 50.1 Å². The van der Waals surface area contributed by atoms with Gasteiger partial charge in [-0.2, -0.15) is 0 Å². The van der Waals surface area contributed by atoms with Crippen molar-refractivity contribution < 1.29 is 4.79 Å². The van der Waals surface area contributed by atoms with Gasteiger partial charge in [0.05, 0.1) is 15.9 Å². The lowest BCUT2D eigenvalue weighted by atomic mass is 10.0. The van der Waals surface area contributed by atoms with E-state index in [-0.39, 0.29) is 11.7 Å². The second kappa shape index (κ2) is 6.05. The predicted octanol–water partition coefficient (Wildman–Crippen LogP) is 5.64. The SMILES string of the molecule is Cn1c(Br)c(C(=O)C2CC2)c(CI)c1-c1ccc(Cl)cc1. The van der Waals surface area contributed by atoms with Crippen LogP contribution in [0.4, 0.5) is 0 Å². The first-order chi connectivity index (χ1) is 10.0. The zero-order valence-corrected chi connectivity index (χ0v) is 16.0. The second-order valence-corrected chi connectivity index (χ2v) is 7.28. The van der Waals surface area contributed by atoms with Crippen LogP contribution in [0.1, 0.15) is 28.8 Å². The van der Waals surface area contributed by atoms with Crippen LogP contribution in [0.15, 0.2) is 28.9 Å². The van der Waals surface area contributed by atoms with Crippen LogP contribution in [0.2, 0.25) is 5.02 Å². The molecule has 1 aromatic heterocycles. The Bertz CT molecular complexity index is 704. The Morgan fingerprint density at radius 3 is 2.52 bits per heavy atom. The smallest absolute Gasteiger partial charge is 0.168 e. The lowest BCUT2D eigenvalue weighted by molar-refractivity contribution is 0.0966. The van der Waals surface area contributed by atoms with E-state index in [9.17, 15) is 4.79 Å². The maximum absolute atomic E-state index is 12.6. The minimum atomic E-state index is 0.225. The van der Waals surface area contributed by atoms with Gasteiger partial charge in [-0.15, -0.1) is 0 Å². The quantitative estimate of drug-likeness (QED) is 0.317. The summed E-state index contributed by atoms with van der Waals surface area (Å²) in [6.45, 7) is 0.